The predicted molar refractivity (Wildman–Crippen MR) is 72.1 cm³/mol. The Morgan fingerprint density at radius 3 is 2.40 bits per heavy atom. The number of nitrogens with one attached hydrogen (secondary N) is 2. The number of carbonyl (C=O) groups is 2. The van der Waals surface area contributed by atoms with E-state index in [1.54, 1.807) is 40.7 Å². The van der Waals surface area contributed by atoms with Crippen LogP contribution in [0.2, 0.25) is 0 Å². The van der Waals surface area contributed by atoms with Gasteiger partial charge in [-0.05, 0) is 34.6 Å². The highest BCUT2D eigenvalue weighted by Crippen LogP contribution is 2.30. The highest BCUT2D eigenvalue weighted by atomic mass is 16.5. The van der Waals surface area contributed by atoms with Gasteiger partial charge in [-0.15, -0.1) is 0 Å². The van der Waals surface area contributed by atoms with E-state index in [9.17, 15) is 14.7 Å². The molecule has 0 spiro atoms. The van der Waals surface area contributed by atoms with Crippen LogP contribution in [-0.4, -0.2) is 27.8 Å². The largest absolute Gasteiger partial charge is 0.481 e. The summed E-state index contributed by atoms with van der Waals surface area (Å²) in [5.41, 5.74) is -1.29. The molecular formula is C13H21N3O4. The lowest BCUT2D eigenvalue weighted by Gasteiger charge is -2.38. The molecule has 112 valence electrons. The number of hydrogen-bond acceptors (Lipinski definition) is 4. The molecule has 20 heavy (non-hydrogen) atoms. The number of hydrogen-bond donors (Lipinski definition) is 3. The maximum Gasteiger partial charge on any atom is 0.315 e. The van der Waals surface area contributed by atoms with E-state index >= 15 is 0 Å². The van der Waals surface area contributed by atoms with E-state index in [4.69, 9.17) is 4.52 Å². The topological polar surface area (TPSA) is 104 Å². The number of carboxylic acid groups (broad SMARTS) is 1. The number of aliphatic carboxylic acids is 1. The molecular weight excluding hydrogens is 262 g/mol. The average molecular weight is 283 g/mol. The van der Waals surface area contributed by atoms with E-state index in [1.807, 2.05) is 0 Å². The van der Waals surface area contributed by atoms with Gasteiger partial charge >= 0.3 is 12.0 Å². The van der Waals surface area contributed by atoms with E-state index in [2.05, 4.69) is 15.8 Å². The molecule has 0 saturated carbocycles. The smallest absolute Gasteiger partial charge is 0.315 e. The van der Waals surface area contributed by atoms with Crippen LogP contribution in [0.4, 0.5) is 4.79 Å². The minimum absolute atomic E-state index is 0.191. The Hall–Kier alpha value is -2.05. The number of aryl methyl sites for hydroxylation is 1. The molecule has 0 radical (unpaired) electrons. The summed E-state index contributed by atoms with van der Waals surface area (Å²) >= 11 is 0. The molecule has 0 saturated heterocycles. The summed E-state index contributed by atoms with van der Waals surface area (Å²) in [5, 5.41) is 18.2. The minimum atomic E-state index is -1.10. The van der Waals surface area contributed by atoms with Crippen molar-refractivity contribution in [3.05, 3.63) is 17.5 Å². The van der Waals surface area contributed by atoms with Crippen LogP contribution in [-0.2, 0) is 11.3 Å². The minimum Gasteiger partial charge on any atom is -0.481 e. The fraction of sp³-hybridized carbons (Fsp3) is 0.615. The van der Waals surface area contributed by atoms with Gasteiger partial charge in [0.1, 0.15) is 0 Å². The third-order valence-corrected chi connectivity index (χ3v) is 3.62. The fourth-order valence-electron chi connectivity index (χ4n) is 1.42. The average Bonchev–Trinajstić information content (AvgIpc) is 2.71. The first kappa shape index (κ1) is 16.0. The van der Waals surface area contributed by atoms with Crippen molar-refractivity contribution >= 4 is 12.0 Å². The van der Waals surface area contributed by atoms with Crippen molar-refractivity contribution in [3.63, 3.8) is 0 Å². The van der Waals surface area contributed by atoms with Crippen LogP contribution < -0.4 is 10.6 Å². The monoisotopic (exact) mass is 283 g/mol. The third kappa shape index (κ3) is 3.49. The number of nitrogens with zero attached hydrogens (tertiary/aromatic N) is 1. The van der Waals surface area contributed by atoms with Crippen LogP contribution in [0.5, 0.6) is 0 Å². The maximum atomic E-state index is 11.8. The van der Waals surface area contributed by atoms with Crippen molar-refractivity contribution in [2.45, 2.75) is 46.7 Å². The molecule has 1 aromatic rings. The second kappa shape index (κ2) is 5.52. The molecule has 0 fully saturated rings. The highest BCUT2D eigenvalue weighted by molar-refractivity contribution is 5.79. The highest BCUT2D eigenvalue weighted by Gasteiger charge is 2.44. The van der Waals surface area contributed by atoms with E-state index in [1.165, 1.54) is 0 Å². The second-order valence-electron chi connectivity index (χ2n) is 5.80. The zero-order chi connectivity index (χ0) is 15.6. The van der Waals surface area contributed by atoms with Crippen LogP contribution >= 0.6 is 0 Å². The standard InChI is InChI=1S/C13H21N3O4/c1-8-6-9(20-16-8)7-14-11(19)15-13(4,5)12(2,3)10(17)18/h6H,7H2,1-5H3,(H,17,18)(H2,14,15,19). The maximum absolute atomic E-state index is 11.8. The molecule has 0 aliphatic heterocycles. The SMILES string of the molecule is Cc1cc(CNC(=O)NC(C)(C)C(C)(C)C(=O)O)on1. The molecule has 0 unspecified atom stereocenters. The van der Waals surface area contributed by atoms with Crippen molar-refractivity contribution in [2.75, 3.05) is 0 Å². The Bertz CT molecular complexity index is 505. The van der Waals surface area contributed by atoms with E-state index < -0.39 is 23.0 Å². The Balaban J connectivity index is 2.59. The van der Waals surface area contributed by atoms with Crippen LogP contribution in [0, 0.1) is 12.3 Å². The van der Waals surface area contributed by atoms with E-state index in [-0.39, 0.29) is 6.54 Å². The molecule has 0 aliphatic rings. The summed E-state index contributed by atoms with van der Waals surface area (Å²) in [4.78, 5) is 23.1. The number of aromatic nitrogens is 1. The molecule has 0 atom stereocenters. The van der Waals surface area contributed by atoms with Crippen molar-refractivity contribution in [3.8, 4) is 0 Å². The first-order valence-corrected chi connectivity index (χ1v) is 6.28. The van der Waals surface area contributed by atoms with E-state index in [0.717, 1.165) is 5.69 Å². The molecule has 1 heterocycles. The van der Waals surface area contributed by atoms with Crippen molar-refractivity contribution in [2.24, 2.45) is 5.41 Å². The molecule has 0 bridgehead atoms. The molecule has 2 amide bonds. The Labute approximate surface area is 117 Å². The number of carboxylic acids is 1. The van der Waals surface area contributed by atoms with Crippen LogP contribution in [0.25, 0.3) is 0 Å². The normalized spacial score (nSPS) is 12.1. The predicted octanol–water partition coefficient (Wildman–Crippen LogP) is 1.67. The summed E-state index contributed by atoms with van der Waals surface area (Å²) < 4.78 is 4.96. The molecule has 1 aromatic heterocycles. The zero-order valence-corrected chi connectivity index (χ0v) is 12.4. The van der Waals surface area contributed by atoms with Gasteiger partial charge in [-0.3, -0.25) is 4.79 Å². The lowest BCUT2D eigenvalue weighted by Crippen LogP contribution is -2.58. The molecule has 0 aliphatic carbocycles. The van der Waals surface area contributed by atoms with Gasteiger partial charge in [0.15, 0.2) is 5.76 Å². The zero-order valence-electron chi connectivity index (χ0n) is 12.4. The molecule has 1 rings (SSSR count). The van der Waals surface area contributed by atoms with E-state index in [0.29, 0.717) is 5.76 Å². The first-order chi connectivity index (χ1) is 9.06. The van der Waals surface area contributed by atoms with Crippen LogP contribution in [0.1, 0.15) is 39.1 Å². The summed E-state index contributed by atoms with van der Waals surface area (Å²) in [6.07, 6.45) is 0. The van der Waals surface area contributed by atoms with Crippen LogP contribution in [0.15, 0.2) is 10.6 Å². The van der Waals surface area contributed by atoms with Crippen molar-refractivity contribution < 1.29 is 19.2 Å². The molecule has 7 heteroatoms. The first-order valence-electron chi connectivity index (χ1n) is 6.28. The summed E-state index contributed by atoms with van der Waals surface area (Å²) in [5.74, 6) is -0.443. The van der Waals surface area contributed by atoms with Gasteiger partial charge in [-0.25, -0.2) is 4.79 Å². The van der Waals surface area contributed by atoms with Gasteiger partial charge in [0.05, 0.1) is 23.2 Å². The molecule has 3 N–H and O–H groups in total. The van der Waals surface area contributed by atoms with Gasteiger partial charge in [0, 0.05) is 6.07 Å². The fourth-order valence-corrected chi connectivity index (χ4v) is 1.42. The lowest BCUT2D eigenvalue weighted by atomic mass is 9.74. The third-order valence-electron chi connectivity index (χ3n) is 3.62. The summed E-state index contributed by atoms with van der Waals surface area (Å²) in [6.45, 7) is 8.44. The summed E-state index contributed by atoms with van der Waals surface area (Å²) in [7, 11) is 0. The van der Waals surface area contributed by atoms with Gasteiger partial charge in [-0.1, -0.05) is 5.16 Å². The molecule has 7 nitrogen and oxygen atoms in total. The Kier molecular flexibility index (Phi) is 4.42. The van der Waals surface area contributed by atoms with Crippen LogP contribution in [0.3, 0.4) is 0 Å². The Morgan fingerprint density at radius 1 is 1.35 bits per heavy atom. The Morgan fingerprint density at radius 2 is 1.95 bits per heavy atom. The second-order valence-corrected chi connectivity index (χ2v) is 5.80. The van der Waals surface area contributed by atoms with Crippen molar-refractivity contribution in [1.29, 1.82) is 0 Å². The van der Waals surface area contributed by atoms with Gasteiger partial charge < -0.3 is 20.3 Å². The quantitative estimate of drug-likeness (QED) is 0.762. The lowest BCUT2D eigenvalue weighted by molar-refractivity contribution is -0.150. The van der Waals surface area contributed by atoms with Crippen molar-refractivity contribution in [1.82, 2.24) is 15.8 Å². The summed E-state index contributed by atoms with van der Waals surface area (Å²) in [6, 6.07) is 1.26. The number of rotatable bonds is 5. The number of urea groups is 1. The van der Waals surface area contributed by atoms with Gasteiger partial charge in [0.25, 0.3) is 0 Å². The van der Waals surface area contributed by atoms with Gasteiger partial charge in [0.2, 0.25) is 0 Å². The van der Waals surface area contributed by atoms with Gasteiger partial charge in [-0.2, -0.15) is 0 Å². The molecule has 0 aromatic carbocycles. The number of amides is 2. The number of carbonyl (C=O) groups excluding carboxylic acids is 1.